The van der Waals surface area contributed by atoms with Gasteiger partial charge >= 0.3 is 5.97 Å². The van der Waals surface area contributed by atoms with Crippen LogP contribution in [-0.4, -0.2) is 38.7 Å². The third-order valence-corrected chi connectivity index (χ3v) is 4.81. The van der Waals surface area contributed by atoms with E-state index in [4.69, 9.17) is 0 Å². The molecule has 1 aromatic rings. The van der Waals surface area contributed by atoms with Crippen LogP contribution in [0.2, 0.25) is 0 Å². The Labute approximate surface area is 134 Å². The molecule has 2 rings (SSSR count). The van der Waals surface area contributed by atoms with Gasteiger partial charge in [-0.1, -0.05) is 0 Å². The van der Waals surface area contributed by atoms with Gasteiger partial charge in [0.15, 0.2) is 0 Å². The van der Waals surface area contributed by atoms with Crippen molar-refractivity contribution in [1.82, 2.24) is 4.90 Å². The summed E-state index contributed by atoms with van der Waals surface area (Å²) in [6, 6.07) is 1.73. The Hall–Kier alpha value is -1.69. The van der Waals surface area contributed by atoms with Crippen LogP contribution < -0.4 is 0 Å². The highest BCUT2D eigenvalue weighted by molar-refractivity contribution is 7.12. The molecule has 0 aliphatic carbocycles. The summed E-state index contributed by atoms with van der Waals surface area (Å²) in [6.45, 7) is 9.69. The van der Waals surface area contributed by atoms with Crippen molar-refractivity contribution in [3.05, 3.63) is 16.3 Å². The number of likely N-dealkylation sites (tertiary alicyclic amines) is 1. The minimum Gasteiger partial charge on any atom is -0.477 e. The minimum absolute atomic E-state index is 0.0517. The number of rotatable bonds is 2. The maximum absolute atomic E-state index is 12.0. The highest BCUT2D eigenvalue weighted by Gasteiger charge is 2.45. The highest BCUT2D eigenvalue weighted by atomic mass is 32.1. The van der Waals surface area contributed by atoms with Gasteiger partial charge in [-0.05, 0) is 39.1 Å². The number of carboxylic acid groups (broad SMARTS) is 1. The molecule has 1 fully saturated rings. The lowest BCUT2D eigenvalue weighted by molar-refractivity contribution is -0.142. The Bertz CT molecular complexity index is 624. The number of piperidine rings is 1. The maximum atomic E-state index is 12.0. The van der Waals surface area contributed by atoms with E-state index in [1.165, 1.54) is 11.3 Å². The zero-order valence-corrected chi connectivity index (χ0v) is 14.5. The number of amides is 1. The van der Waals surface area contributed by atoms with Gasteiger partial charge in [-0.15, -0.1) is 11.3 Å². The van der Waals surface area contributed by atoms with E-state index >= 15 is 0 Å². The van der Waals surface area contributed by atoms with Crippen molar-refractivity contribution in [3.63, 3.8) is 0 Å². The lowest BCUT2D eigenvalue weighted by Gasteiger charge is -2.52. The van der Waals surface area contributed by atoms with E-state index in [1.807, 2.05) is 32.6 Å². The van der Waals surface area contributed by atoms with E-state index in [1.54, 1.807) is 18.4 Å². The number of thiophene rings is 1. The molecule has 0 aromatic carbocycles. The molecule has 1 amide bonds. The summed E-state index contributed by atoms with van der Waals surface area (Å²) in [7, 11) is 0. The van der Waals surface area contributed by atoms with Gasteiger partial charge in [0.25, 0.3) is 0 Å². The van der Waals surface area contributed by atoms with Crippen LogP contribution >= 0.6 is 11.3 Å². The first-order valence-corrected chi connectivity index (χ1v) is 8.11. The van der Waals surface area contributed by atoms with Crippen molar-refractivity contribution in [2.24, 2.45) is 4.99 Å². The van der Waals surface area contributed by atoms with E-state index in [9.17, 15) is 14.7 Å². The number of hydrogen-bond acceptors (Lipinski definition) is 4. The fraction of sp³-hybridized carbons (Fsp3) is 0.562. The molecule has 1 aromatic heterocycles. The zero-order chi connectivity index (χ0) is 16.7. The third-order valence-electron chi connectivity index (χ3n) is 3.92. The van der Waals surface area contributed by atoms with Crippen molar-refractivity contribution in [2.75, 3.05) is 0 Å². The monoisotopic (exact) mass is 322 g/mol. The van der Waals surface area contributed by atoms with Crippen LogP contribution in [-0.2, 0) is 4.79 Å². The van der Waals surface area contributed by atoms with Gasteiger partial charge in [0.1, 0.15) is 4.88 Å². The first kappa shape index (κ1) is 16.7. The lowest BCUT2D eigenvalue weighted by atomic mass is 9.78. The molecule has 0 unspecified atom stereocenters. The summed E-state index contributed by atoms with van der Waals surface area (Å²) in [5.41, 5.74) is 0.765. The van der Waals surface area contributed by atoms with Gasteiger partial charge in [-0.3, -0.25) is 9.79 Å². The van der Waals surface area contributed by atoms with E-state index in [0.717, 1.165) is 5.71 Å². The summed E-state index contributed by atoms with van der Waals surface area (Å²) < 4.78 is 0. The first-order chi connectivity index (χ1) is 10.0. The quantitative estimate of drug-likeness (QED) is 0.902. The molecule has 1 aliphatic rings. The summed E-state index contributed by atoms with van der Waals surface area (Å²) in [6.07, 6.45) is 1.29. The lowest BCUT2D eigenvalue weighted by Crippen LogP contribution is -2.62. The predicted molar refractivity (Wildman–Crippen MR) is 88.3 cm³/mol. The third kappa shape index (κ3) is 3.06. The second kappa shape index (κ2) is 5.50. The number of aromatic carboxylic acids is 1. The zero-order valence-electron chi connectivity index (χ0n) is 13.6. The number of carboxylic acids is 1. The predicted octanol–water partition coefficient (Wildman–Crippen LogP) is 3.72. The largest absolute Gasteiger partial charge is 0.477 e. The van der Waals surface area contributed by atoms with Crippen LogP contribution in [0.15, 0.2) is 16.4 Å². The molecule has 6 heteroatoms. The van der Waals surface area contributed by atoms with Gasteiger partial charge in [-0.2, -0.15) is 0 Å². The summed E-state index contributed by atoms with van der Waals surface area (Å²) in [5.74, 6) is -0.898. The molecule has 0 radical (unpaired) electrons. The van der Waals surface area contributed by atoms with Crippen LogP contribution in [0, 0.1) is 0 Å². The minimum atomic E-state index is -0.950. The van der Waals surface area contributed by atoms with Crippen molar-refractivity contribution in [2.45, 2.75) is 58.5 Å². The van der Waals surface area contributed by atoms with Gasteiger partial charge < -0.3 is 10.0 Å². The van der Waals surface area contributed by atoms with Crippen LogP contribution in [0.5, 0.6) is 0 Å². The molecule has 0 atom stereocenters. The molecular weight excluding hydrogens is 300 g/mol. The Balaban J connectivity index is 2.39. The molecule has 1 N–H and O–H groups in total. The van der Waals surface area contributed by atoms with E-state index < -0.39 is 5.97 Å². The molecule has 0 spiro atoms. The highest BCUT2D eigenvalue weighted by Crippen LogP contribution is 2.38. The van der Waals surface area contributed by atoms with Crippen LogP contribution in [0.1, 0.15) is 57.1 Å². The van der Waals surface area contributed by atoms with Crippen molar-refractivity contribution < 1.29 is 14.7 Å². The maximum Gasteiger partial charge on any atom is 0.348 e. The molecule has 22 heavy (non-hydrogen) atoms. The van der Waals surface area contributed by atoms with Crippen LogP contribution in [0.3, 0.4) is 0 Å². The fourth-order valence-corrected chi connectivity index (χ4v) is 4.36. The normalized spacial score (nSPS) is 19.9. The van der Waals surface area contributed by atoms with E-state index in [-0.39, 0.29) is 21.9 Å². The molecule has 1 aliphatic heterocycles. The van der Waals surface area contributed by atoms with Gasteiger partial charge in [-0.25, -0.2) is 4.79 Å². The molecule has 5 nitrogen and oxygen atoms in total. The Morgan fingerprint density at radius 1 is 1.23 bits per heavy atom. The fourth-order valence-electron chi connectivity index (χ4n) is 3.69. The number of aliphatic imine (C=N–C) groups is 1. The van der Waals surface area contributed by atoms with Gasteiger partial charge in [0.05, 0.1) is 5.69 Å². The smallest absolute Gasteiger partial charge is 0.348 e. The SMILES string of the molecule is CC(=O)N1C(C)(C)CC(=Nc2ccsc2C(=O)O)CC1(C)C. The summed E-state index contributed by atoms with van der Waals surface area (Å²) >= 11 is 1.18. The van der Waals surface area contributed by atoms with Gasteiger partial charge in [0.2, 0.25) is 5.91 Å². The van der Waals surface area contributed by atoms with Crippen LogP contribution in [0.4, 0.5) is 5.69 Å². The molecule has 2 heterocycles. The standard InChI is InChI=1S/C16H22N2O3S/c1-10(19)18-15(2,3)8-11(9-16(18,4)5)17-12-6-7-22-13(12)14(20)21/h6-7H,8-9H2,1-5H3,(H,20,21). The molecular formula is C16H22N2O3S. The van der Waals surface area contributed by atoms with E-state index in [2.05, 4.69) is 4.99 Å². The van der Waals surface area contributed by atoms with Crippen molar-refractivity contribution in [1.29, 1.82) is 0 Å². The first-order valence-electron chi connectivity index (χ1n) is 7.23. The van der Waals surface area contributed by atoms with Crippen molar-refractivity contribution in [3.8, 4) is 0 Å². The van der Waals surface area contributed by atoms with E-state index in [0.29, 0.717) is 18.5 Å². The summed E-state index contributed by atoms with van der Waals surface area (Å²) in [4.78, 5) is 30.0. The average molecular weight is 322 g/mol. The number of nitrogens with zero attached hydrogens (tertiary/aromatic N) is 2. The van der Waals surface area contributed by atoms with Gasteiger partial charge in [0, 0.05) is 36.6 Å². The molecule has 0 saturated carbocycles. The number of hydrogen-bond donors (Lipinski definition) is 1. The number of carbonyl (C=O) groups excluding carboxylic acids is 1. The second-order valence-corrected chi connectivity index (χ2v) is 7.87. The van der Waals surface area contributed by atoms with Crippen LogP contribution in [0.25, 0.3) is 0 Å². The Morgan fingerprint density at radius 3 is 2.23 bits per heavy atom. The second-order valence-electron chi connectivity index (χ2n) is 6.95. The molecule has 1 saturated heterocycles. The Morgan fingerprint density at radius 2 is 1.77 bits per heavy atom. The molecule has 0 bridgehead atoms. The molecule has 120 valence electrons. The Kier molecular flexibility index (Phi) is 4.17. The average Bonchev–Trinajstić information content (AvgIpc) is 2.72. The number of carbonyl (C=O) groups is 2. The topological polar surface area (TPSA) is 70.0 Å². The van der Waals surface area contributed by atoms with Crippen molar-refractivity contribution >= 4 is 34.6 Å². The summed E-state index contributed by atoms with van der Waals surface area (Å²) in [5, 5.41) is 10.9.